The molecule has 1 aromatic carbocycles. The van der Waals surface area contributed by atoms with E-state index >= 15 is 0 Å². The molecular formula is C16H19NO4. The average molecular weight is 289 g/mol. The highest BCUT2D eigenvalue weighted by Gasteiger charge is 2.18. The molecule has 0 aliphatic carbocycles. The van der Waals surface area contributed by atoms with Crippen LogP contribution in [0.1, 0.15) is 47.5 Å². The van der Waals surface area contributed by atoms with Crippen LogP contribution >= 0.6 is 0 Å². The summed E-state index contributed by atoms with van der Waals surface area (Å²) in [6.07, 6.45) is 2.69. The van der Waals surface area contributed by atoms with Crippen molar-refractivity contribution in [1.29, 1.82) is 0 Å². The maximum Gasteiger partial charge on any atom is 0.355 e. The largest absolute Gasteiger partial charge is 0.494 e. The monoisotopic (exact) mass is 289 g/mol. The number of H-pyrrole nitrogens is 1. The van der Waals surface area contributed by atoms with Gasteiger partial charge in [0.25, 0.3) is 0 Å². The Morgan fingerprint density at radius 2 is 2.14 bits per heavy atom. The summed E-state index contributed by atoms with van der Waals surface area (Å²) >= 11 is 0. The molecule has 1 heterocycles. The first-order valence-electron chi connectivity index (χ1n) is 7.12. The van der Waals surface area contributed by atoms with E-state index in [1.165, 1.54) is 0 Å². The van der Waals surface area contributed by atoms with Gasteiger partial charge in [0.05, 0.1) is 18.8 Å². The molecule has 0 saturated heterocycles. The third kappa shape index (κ3) is 3.24. The molecule has 0 bridgehead atoms. The SMILES string of the molecule is CCCCOc1ccc2[nH]c(C(=O)OCC)c(C=O)c2c1. The lowest BCUT2D eigenvalue weighted by Gasteiger charge is -2.05. The number of esters is 1. The quantitative estimate of drug-likeness (QED) is 0.482. The van der Waals surface area contributed by atoms with Gasteiger partial charge >= 0.3 is 5.97 Å². The maximum absolute atomic E-state index is 11.8. The van der Waals surface area contributed by atoms with Gasteiger partial charge in [-0.1, -0.05) is 13.3 Å². The number of nitrogens with one attached hydrogen (secondary N) is 1. The first-order valence-corrected chi connectivity index (χ1v) is 7.12. The summed E-state index contributed by atoms with van der Waals surface area (Å²) in [6.45, 7) is 4.71. The molecule has 5 nitrogen and oxygen atoms in total. The third-order valence-electron chi connectivity index (χ3n) is 3.17. The Morgan fingerprint density at radius 3 is 2.81 bits per heavy atom. The van der Waals surface area contributed by atoms with Crippen LogP contribution in [0.25, 0.3) is 10.9 Å². The second-order valence-electron chi connectivity index (χ2n) is 4.66. The fourth-order valence-corrected chi connectivity index (χ4v) is 2.10. The second-order valence-corrected chi connectivity index (χ2v) is 4.66. The van der Waals surface area contributed by atoms with Crippen molar-refractivity contribution in [3.8, 4) is 5.75 Å². The standard InChI is InChI=1S/C16H19NO4/c1-3-5-8-21-11-6-7-14-12(9-11)13(10-18)15(17-14)16(19)20-4-2/h6-7,9-10,17H,3-5,8H2,1-2H3. The molecular weight excluding hydrogens is 270 g/mol. The van der Waals surface area contributed by atoms with E-state index in [0.717, 1.165) is 12.8 Å². The van der Waals surface area contributed by atoms with Crippen molar-refractivity contribution in [3.63, 3.8) is 0 Å². The van der Waals surface area contributed by atoms with Crippen molar-refractivity contribution in [2.75, 3.05) is 13.2 Å². The van der Waals surface area contributed by atoms with E-state index in [1.807, 2.05) is 6.07 Å². The molecule has 112 valence electrons. The molecule has 21 heavy (non-hydrogen) atoms. The van der Waals surface area contributed by atoms with Crippen molar-refractivity contribution < 1.29 is 19.1 Å². The Kier molecular flexibility index (Phi) is 4.98. The molecule has 0 atom stereocenters. The number of aldehydes is 1. The number of ether oxygens (including phenoxy) is 2. The van der Waals surface area contributed by atoms with Crippen molar-refractivity contribution >= 4 is 23.2 Å². The van der Waals surface area contributed by atoms with E-state index in [0.29, 0.717) is 35.1 Å². The Morgan fingerprint density at radius 1 is 1.33 bits per heavy atom. The van der Waals surface area contributed by atoms with Gasteiger partial charge in [0.2, 0.25) is 0 Å². The van der Waals surface area contributed by atoms with Crippen molar-refractivity contribution in [3.05, 3.63) is 29.5 Å². The highest BCUT2D eigenvalue weighted by atomic mass is 16.5. The van der Waals surface area contributed by atoms with E-state index in [9.17, 15) is 9.59 Å². The predicted molar refractivity (Wildman–Crippen MR) is 80.0 cm³/mol. The van der Waals surface area contributed by atoms with E-state index in [2.05, 4.69) is 11.9 Å². The molecule has 0 radical (unpaired) electrons. The molecule has 0 amide bonds. The number of rotatable bonds is 7. The lowest BCUT2D eigenvalue weighted by atomic mass is 10.1. The minimum absolute atomic E-state index is 0.188. The summed E-state index contributed by atoms with van der Waals surface area (Å²) < 4.78 is 10.6. The van der Waals surface area contributed by atoms with Gasteiger partial charge < -0.3 is 14.5 Å². The molecule has 0 aliphatic rings. The number of hydrogen-bond acceptors (Lipinski definition) is 4. The number of carbonyl (C=O) groups is 2. The fourth-order valence-electron chi connectivity index (χ4n) is 2.10. The third-order valence-corrected chi connectivity index (χ3v) is 3.17. The van der Waals surface area contributed by atoms with E-state index < -0.39 is 5.97 Å². The zero-order chi connectivity index (χ0) is 15.2. The molecule has 1 aromatic heterocycles. The first kappa shape index (κ1) is 15.1. The van der Waals surface area contributed by atoms with Gasteiger partial charge in [0, 0.05) is 10.9 Å². The smallest absolute Gasteiger partial charge is 0.355 e. The zero-order valence-corrected chi connectivity index (χ0v) is 12.3. The molecule has 2 aromatic rings. The van der Waals surface area contributed by atoms with Crippen LogP contribution < -0.4 is 4.74 Å². The van der Waals surface area contributed by atoms with E-state index in [-0.39, 0.29) is 12.3 Å². The number of carbonyl (C=O) groups excluding carboxylic acids is 2. The number of hydrogen-bond donors (Lipinski definition) is 1. The van der Waals surface area contributed by atoms with Gasteiger partial charge in [0.1, 0.15) is 11.4 Å². The Labute approximate surface area is 123 Å². The van der Waals surface area contributed by atoms with Crippen molar-refractivity contribution in [2.45, 2.75) is 26.7 Å². The van der Waals surface area contributed by atoms with Crippen LogP contribution in [0, 0.1) is 0 Å². The Balaban J connectivity index is 2.37. The highest BCUT2D eigenvalue weighted by molar-refractivity contribution is 6.08. The minimum Gasteiger partial charge on any atom is -0.494 e. The van der Waals surface area contributed by atoms with Crippen LogP contribution in [-0.4, -0.2) is 30.5 Å². The molecule has 1 N–H and O–H groups in total. The first-order chi connectivity index (χ1) is 10.2. The number of unbranched alkanes of at least 4 members (excludes halogenated alkanes) is 1. The summed E-state index contributed by atoms with van der Waals surface area (Å²) in [7, 11) is 0. The molecule has 2 rings (SSSR count). The van der Waals surface area contributed by atoms with Crippen molar-refractivity contribution in [2.24, 2.45) is 0 Å². The number of benzene rings is 1. The predicted octanol–water partition coefficient (Wildman–Crippen LogP) is 3.34. The van der Waals surface area contributed by atoms with Crippen LogP contribution in [-0.2, 0) is 4.74 Å². The number of fused-ring (bicyclic) bond motifs is 1. The maximum atomic E-state index is 11.8. The van der Waals surface area contributed by atoms with Crippen LogP contribution in [0.2, 0.25) is 0 Å². The van der Waals surface area contributed by atoms with Gasteiger partial charge in [-0.25, -0.2) is 4.79 Å². The van der Waals surface area contributed by atoms with Gasteiger partial charge in [-0.2, -0.15) is 0 Å². The van der Waals surface area contributed by atoms with Crippen LogP contribution in [0.4, 0.5) is 0 Å². The minimum atomic E-state index is -0.524. The molecule has 0 unspecified atom stereocenters. The number of aromatic nitrogens is 1. The van der Waals surface area contributed by atoms with Crippen LogP contribution in [0.15, 0.2) is 18.2 Å². The van der Waals surface area contributed by atoms with Gasteiger partial charge in [0.15, 0.2) is 6.29 Å². The fraction of sp³-hybridized carbons (Fsp3) is 0.375. The Hall–Kier alpha value is -2.30. The van der Waals surface area contributed by atoms with Gasteiger partial charge in [-0.15, -0.1) is 0 Å². The van der Waals surface area contributed by atoms with Crippen molar-refractivity contribution in [1.82, 2.24) is 4.98 Å². The normalized spacial score (nSPS) is 10.6. The molecule has 0 saturated carbocycles. The van der Waals surface area contributed by atoms with Gasteiger partial charge in [-0.3, -0.25) is 4.79 Å². The number of aromatic amines is 1. The summed E-state index contributed by atoms with van der Waals surface area (Å²) in [6, 6.07) is 5.39. The summed E-state index contributed by atoms with van der Waals surface area (Å²) in [5.74, 6) is 0.165. The highest BCUT2D eigenvalue weighted by Crippen LogP contribution is 2.26. The summed E-state index contributed by atoms with van der Waals surface area (Å²) in [4.78, 5) is 26.1. The van der Waals surface area contributed by atoms with E-state index in [4.69, 9.17) is 9.47 Å². The molecule has 0 spiro atoms. The summed E-state index contributed by atoms with van der Waals surface area (Å²) in [5.41, 5.74) is 1.21. The van der Waals surface area contributed by atoms with E-state index in [1.54, 1.807) is 19.1 Å². The summed E-state index contributed by atoms with van der Waals surface area (Å²) in [5, 5.41) is 0.669. The van der Waals surface area contributed by atoms with Crippen LogP contribution in [0.3, 0.4) is 0 Å². The zero-order valence-electron chi connectivity index (χ0n) is 12.3. The second kappa shape index (κ2) is 6.92. The lowest BCUT2D eigenvalue weighted by Crippen LogP contribution is -2.07. The van der Waals surface area contributed by atoms with Gasteiger partial charge in [-0.05, 0) is 31.5 Å². The lowest BCUT2D eigenvalue weighted by molar-refractivity contribution is 0.0518. The van der Waals surface area contributed by atoms with Crippen LogP contribution in [0.5, 0.6) is 5.75 Å². The topological polar surface area (TPSA) is 68.4 Å². The average Bonchev–Trinajstić information content (AvgIpc) is 2.85. The molecule has 5 heteroatoms. The molecule has 0 aliphatic heterocycles. The molecule has 0 fully saturated rings. The Bertz CT molecular complexity index is 645.